The summed E-state index contributed by atoms with van der Waals surface area (Å²) in [6.45, 7) is 0. The molecule has 0 spiro atoms. The van der Waals surface area contributed by atoms with Crippen LogP contribution in [0.4, 0.5) is 0 Å². The molecule has 0 atom stereocenters. The number of H-pyrrole nitrogens is 1. The second-order valence-corrected chi connectivity index (χ2v) is 5.32. The Labute approximate surface area is 126 Å². The molecule has 0 aliphatic heterocycles. The van der Waals surface area contributed by atoms with Crippen LogP contribution < -0.4 is 0 Å². The Kier molecular flexibility index (Phi) is 2.73. The number of hydrogen-bond donors (Lipinski definition) is 2. The minimum absolute atomic E-state index is 0.307. The molecular formula is C19H13NO2. The van der Waals surface area contributed by atoms with Crippen molar-refractivity contribution >= 4 is 27.6 Å². The molecule has 3 aromatic carbocycles. The molecule has 0 saturated carbocycles. The summed E-state index contributed by atoms with van der Waals surface area (Å²) in [7, 11) is 0. The topological polar surface area (TPSA) is 53.1 Å². The summed E-state index contributed by atoms with van der Waals surface area (Å²) in [4.78, 5) is 14.5. The average Bonchev–Trinajstić information content (AvgIpc) is 2.97. The summed E-state index contributed by atoms with van der Waals surface area (Å²) < 4.78 is 0. The third-order valence-electron chi connectivity index (χ3n) is 3.95. The smallest absolute Gasteiger partial charge is 0.335 e. The highest BCUT2D eigenvalue weighted by molar-refractivity contribution is 6.01. The number of hydrogen-bond acceptors (Lipinski definition) is 1. The van der Waals surface area contributed by atoms with Gasteiger partial charge in [-0.05, 0) is 35.0 Å². The van der Waals surface area contributed by atoms with Gasteiger partial charge < -0.3 is 10.1 Å². The first-order chi connectivity index (χ1) is 10.7. The number of aromatic nitrogens is 1. The number of carboxylic acid groups (broad SMARTS) is 1. The zero-order valence-electron chi connectivity index (χ0n) is 11.7. The number of aromatic carboxylic acids is 1. The molecule has 0 aliphatic carbocycles. The molecule has 0 radical (unpaired) electrons. The van der Waals surface area contributed by atoms with Crippen LogP contribution in [0.2, 0.25) is 0 Å². The molecule has 0 saturated heterocycles. The SMILES string of the molecule is O=C(O)c1ccc2c(-c3cc4ccccc4[nH]3)cccc2c1. The van der Waals surface area contributed by atoms with E-state index in [-0.39, 0.29) is 0 Å². The van der Waals surface area contributed by atoms with Crippen LogP contribution in [0.5, 0.6) is 0 Å². The molecule has 0 unspecified atom stereocenters. The summed E-state index contributed by atoms with van der Waals surface area (Å²) in [6.07, 6.45) is 0. The molecular weight excluding hydrogens is 274 g/mol. The van der Waals surface area contributed by atoms with Gasteiger partial charge in [-0.1, -0.05) is 42.5 Å². The molecule has 106 valence electrons. The zero-order chi connectivity index (χ0) is 15.1. The first-order valence-corrected chi connectivity index (χ1v) is 7.06. The summed E-state index contributed by atoms with van der Waals surface area (Å²) in [5.41, 5.74) is 3.51. The van der Waals surface area contributed by atoms with Gasteiger partial charge in [-0.15, -0.1) is 0 Å². The Bertz CT molecular complexity index is 981. The van der Waals surface area contributed by atoms with E-state index in [1.54, 1.807) is 12.1 Å². The predicted octanol–water partition coefficient (Wildman–Crippen LogP) is 4.69. The molecule has 0 amide bonds. The number of benzene rings is 3. The lowest BCUT2D eigenvalue weighted by Gasteiger charge is -2.06. The maximum Gasteiger partial charge on any atom is 0.335 e. The zero-order valence-corrected chi connectivity index (χ0v) is 11.7. The molecule has 3 nitrogen and oxygen atoms in total. The molecule has 4 rings (SSSR count). The lowest BCUT2D eigenvalue weighted by Crippen LogP contribution is -1.95. The van der Waals surface area contributed by atoms with Crippen LogP contribution in [0.15, 0.2) is 66.7 Å². The predicted molar refractivity (Wildman–Crippen MR) is 88.2 cm³/mol. The highest BCUT2D eigenvalue weighted by Gasteiger charge is 2.09. The van der Waals surface area contributed by atoms with Gasteiger partial charge in [-0.3, -0.25) is 0 Å². The molecule has 1 aromatic heterocycles. The third kappa shape index (κ3) is 1.95. The minimum Gasteiger partial charge on any atom is -0.478 e. The molecule has 22 heavy (non-hydrogen) atoms. The number of nitrogens with one attached hydrogen (secondary N) is 1. The van der Waals surface area contributed by atoms with Crippen molar-refractivity contribution in [2.24, 2.45) is 0 Å². The Morgan fingerprint density at radius 1 is 0.864 bits per heavy atom. The maximum atomic E-state index is 11.1. The van der Waals surface area contributed by atoms with E-state index >= 15 is 0 Å². The van der Waals surface area contributed by atoms with Crippen molar-refractivity contribution in [1.82, 2.24) is 4.98 Å². The molecule has 0 bridgehead atoms. The summed E-state index contributed by atoms with van der Waals surface area (Å²) in [5, 5.41) is 12.3. The monoisotopic (exact) mass is 287 g/mol. The van der Waals surface area contributed by atoms with Crippen LogP contribution in [0, 0.1) is 0 Å². The standard InChI is InChI=1S/C19H13NO2/c21-19(22)14-8-9-15-12(10-14)5-3-6-16(15)18-11-13-4-1-2-7-17(13)20-18/h1-11,20H,(H,21,22). The first kappa shape index (κ1) is 12.7. The van der Waals surface area contributed by atoms with Crippen LogP contribution in [-0.4, -0.2) is 16.1 Å². The third-order valence-corrected chi connectivity index (χ3v) is 3.95. The van der Waals surface area contributed by atoms with E-state index in [2.05, 4.69) is 17.1 Å². The number of carbonyl (C=O) groups is 1. The van der Waals surface area contributed by atoms with Crippen molar-refractivity contribution in [2.75, 3.05) is 0 Å². The Hall–Kier alpha value is -3.07. The number of para-hydroxylation sites is 1. The fraction of sp³-hybridized carbons (Fsp3) is 0. The van der Waals surface area contributed by atoms with Crippen molar-refractivity contribution in [2.45, 2.75) is 0 Å². The van der Waals surface area contributed by atoms with Crippen LogP contribution in [0.25, 0.3) is 32.9 Å². The summed E-state index contributed by atoms with van der Waals surface area (Å²) >= 11 is 0. The van der Waals surface area contributed by atoms with Crippen molar-refractivity contribution in [3.63, 3.8) is 0 Å². The quantitative estimate of drug-likeness (QED) is 0.562. The lowest BCUT2D eigenvalue weighted by atomic mass is 10.00. The maximum absolute atomic E-state index is 11.1. The van der Waals surface area contributed by atoms with E-state index in [1.165, 1.54) is 0 Å². The van der Waals surface area contributed by atoms with E-state index in [4.69, 9.17) is 5.11 Å². The Balaban J connectivity index is 1.96. The number of fused-ring (bicyclic) bond motifs is 2. The highest BCUT2D eigenvalue weighted by atomic mass is 16.4. The molecule has 3 heteroatoms. The van der Waals surface area contributed by atoms with E-state index in [9.17, 15) is 4.79 Å². The summed E-state index contributed by atoms with van der Waals surface area (Å²) in [6, 6.07) is 21.4. The molecule has 0 aliphatic rings. The second kappa shape index (κ2) is 4.74. The minimum atomic E-state index is -0.905. The van der Waals surface area contributed by atoms with Crippen molar-refractivity contribution in [3.05, 3.63) is 72.3 Å². The molecule has 1 heterocycles. The molecule has 4 aromatic rings. The van der Waals surface area contributed by atoms with Gasteiger partial charge >= 0.3 is 5.97 Å². The van der Waals surface area contributed by atoms with Crippen molar-refractivity contribution in [1.29, 1.82) is 0 Å². The molecule has 0 fully saturated rings. The number of rotatable bonds is 2. The normalized spacial score (nSPS) is 11.1. The lowest BCUT2D eigenvalue weighted by molar-refractivity contribution is 0.0697. The Morgan fingerprint density at radius 3 is 2.50 bits per heavy atom. The van der Waals surface area contributed by atoms with Crippen molar-refractivity contribution in [3.8, 4) is 11.3 Å². The molecule has 2 N–H and O–H groups in total. The largest absolute Gasteiger partial charge is 0.478 e. The van der Waals surface area contributed by atoms with Crippen molar-refractivity contribution < 1.29 is 9.90 Å². The van der Waals surface area contributed by atoms with Gasteiger partial charge in [0.05, 0.1) is 5.56 Å². The van der Waals surface area contributed by atoms with Gasteiger partial charge in [0, 0.05) is 22.2 Å². The van der Waals surface area contributed by atoms with Gasteiger partial charge in [-0.25, -0.2) is 4.79 Å². The van der Waals surface area contributed by atoms with Gasteiger partial charge in [0.25, 0.3) is 0 Å². The van der Waals surface area contributed by atoms with Crippen LogP contribution in [-0.2, 0) is 0 Å². The van der Waals surface area contributed by atoms with Crippen LogP contribution in [0.1, 0.15) is 10.4 Å². The fourth-order valence-corrected chi connectivity index (χ4v) is 2.87. The van der Waals surface area contributed by atoms with Gasteiger partial charge in [-0.2, -0.15) is 0 Å². The van der Waals surface area contributed by atoms with Crippen LogP contribution in [0.3, 0.4) is 0 Å². The highest BCUT2D eigenvalue weighted by Crippen LogP contribution is 2.31. The van der Waals surface area contributed by atoms with Crippen LogP contribution >= 0.6 is 0 Å². The van der Waals surface area contributed by atoms with E-state index in [0.717, 1.165) is 32.9 Å². The number of carboxylic acids is 1. The second-order valence-electron chi connectivity index (χ2n) is 5.32. The summed E-state index contributed by atoms with van der Waals surface area (Å²) in [5.74, 6) is -0.905. The average molecular weight is 287 g/mol. The van der Waals surface area contributed by atoms with E-state index < -0.39 is 5.97 Å². The van der Waals surface area contributed by atoms with Gasteiger partial charge in [0.1, 0.15) is 0 Å². The number of aromatic amines is 1. The Morgan fingerprint density at radius 2 is 1.68 bits per heavy atom. The van der Waals surface area contributed by atoms with Gasteiger partial charge in [0.15, 0.2) is 0 Å². The van der Waals surface area contributed by atoms with E-state index in [0.29, 0.717) is 5.56 Å². The van der Waals surface area contributed by atoms with Gasteiger partial charge in [0.2, 0.25) is 0 Å². The first-order valence-electron chi connectivity index (χ1n) is 7.06. The fourth-order valence-electron chi connectivity index (χ4n) is 2.87. The van der Waals surface area contributed by atoms with E-state index in [1.807, 2.05) is 42.5 Å².